The summed E-state index contributed by atoms with van der Waals surface area (Å²) in [6.45, 7) is 0.945. The Labute approximate surface area is 105 Å². The van der Waals surface area contributed by atoms with Crippen molar-refractivity contribution in [2.24, 2.45) is 0 Å². The maximum Gasteiger partial charge on any atom is 0.161 e. The third-order valence-electron chi connectivity index (χ3n) is 3.16. The minimum Gasteiger partial charge on any atom is -0.312 e. The molecular formula is C14H16F3N. The number of nitrogens with one attached hydrogen (secondary N) is 1. The number of hydrogen-bond donors (Lipinski definition) is 1. The van der Waals surface area contributed by atoms with Crippen LogP contribution in [-0.2, 0) is 6.54 Å². The molecule has 0 spiro atoms. The summed E-state index contributed by atoms with van der Waals surface area (Å²) in [5.74, 6) is -2.86. The van der Waals surface area contributed by atoms with Crippen molar-refractivity contribution in [3.63, 3.8) is 0 Å². The Morgan fingerprint density at radius 3 is 2.56 bits per heavy atom. The number of halogens is 3. The zero-order valence-corrected chi connectivity index (χ0v) is 10.1. The third kappa shape index (κ3) is 3.35. The summed E-state index contributed by atoms with van der Waals surface area (Å²) in [6.07, 6.45) is 6.67. The molecule has 4 heteroatoms. The molecule has 2 rings (SSSR count). The molecule has 0 atom stereocenters. The van der Waals surface area contributed by atoms with Gasteiger partial charge in [-0.15, -0.1) is 0 Å². The molecule has 98 valence electrons. The molecule has 0 bridgehead atoms. The molecule has 0 heterocycles. The highest BCUT2D eigenvalue weighted by Gasteiger charge is 2.09. The van der Waals surface area contributed by atoms with E-state index in [1.807, 2.05) is 0 Å². The second-order valence-electron chi connectivity index (χ2n) is 4.54. The van der Waals surface area contributed by atoms with Gasteiger partial charge in [-0.3, -0.25) is 0 Å². The van der Waals surface area contributed by atoms with Crippen LogP contribution in [0.3, 0.4) is 0 Å². The Morgan fingerprint density at radius 2 is 1.83 bits per heavy atom. The van der Waals surface area contributed by atoms with Crippen molar-refractivity contribution in [2.45, 2.75) is 32.2 Å². The predicted molar refractivity (Wildman–Crippen MR) is 64.6 cm³/mol. The van der Waals surface area contributed by atoms with E-state index in [2.05, 4.69) is 11.4 Å². The van der Waals surface area contributed by atoms with E-state index in [1.54, 1.807) is 0 Å². The van der Waals surface area contributed by atoms with Crippen LogP contribution in [0.5, 0.6) is 0 Å². The van der Waals surface area contributed by atoms with E-state index in [0.717, 1.165) is 31.9 Å². The van der Waals surface area contributed by atoms with Crippen molar-refractivity contribution in [1.82, 2.24) is 5.32 Å². The first-order valence-corrected chi connectivity index (χ1v) is 6.19. The Kier molecular flexibility index (Phi) is 4.42. The summed E-state index contributed by atoms with van der Waals surface area (Å²) in [4.78, 5) is 0. The zero-order chi connectivity index (χ0) is 13.0. The highest BCUT2D eigenvalue weighted by molar-refractivity contribution is 5.20. The topological polar surface area (TPSA) is 12.0 Å². The summed E-state index contributed by atoms with van der Waals surface area (Å²) < 4.78 is 38.9. The van der Waals surface area contributed by atoms with Gasteiger partial charge in [0.15, 0.2) is 11.6 Å². The van der Waals surface area contributed by atoms with Gasteiger partial charge in [-0.05, 0) is 38.3 Å². The van der Waals surface area contributed by atoms with Gasteiger partial charge in [0.05, 0.1) is 0 Å². The van der Waals surface area contributed by atoms with E-state index in [9.17, 15) is 13.2 Å². The van der Waals surface area contributed by atoms with Crippen LogP contribution >= 0.6 is 0 Å². The van der Waals surface area contributed by atoms with Crippen LogP contribution in [0, 0.1) is 17.5 Å². The maximum absolute atomic E-state index is 13.3. The Bertz CT molecular complexity index is 455. The summed E-state index contributed by atoms with van der Waals surface area (Å²) >= 11 is 0. The molecule has 0 radical (unpaired) electrons. The number of rotatable bonds is 5. The first kappa shape index (κ1) is 13.1. The lowest BCUT2D eigenvalue weighted by Crippen LogP contribution is -2.16. The van der Waals surface area contributed by atoms with Gasteiger partial charge in [0.25, 0.3) is 0 Å². The van der Waals surface area contributed by atoms with Gasteiger partial charge in [-0.25, -0.2) is 13.2 Å². The van der Waals surface area contributed by atoms with Crippen LogP contribution in [0.2, 0.25) is 0 Å². The van der Waals surface area contributed by atoms with Crippen LogP contribution in [0.15, 0.2) is 23.8 Å². The van der Waals surface area contributed by atoms with Gasteiger partial charge in [0.1, 0.15) is 5.82 Å². The molecule has 0 amide bonds. The Balaban J connectivity index is 1.81. The Morgan fingerprint density at radius 1 is 1.06 bits per heavy atom. The highest BCUT2D eigenvalue weighted by atomic mass is 19.2. The minimum absolute atomic E-state index is 0.161. The third-order valence-corrected chi connectivity index (χ3v) is 3.16. The van der Waals surface area contributed by atoms with E-state index < -0.39 is 17.5 Å². The predicted octanol–water partition coefficient (Wildman–Crippen LogP) is 3.69. The second-order valence-corrected chi connectivity index (χ2v) is 4.54. The average Bonchev–Trinajstić information content (AvgIpc) is 2.84. The van der Waals surface area contributed by atoms with Crippen molar-refractivity contribution < 1.29 is 13.2 Å². The summed E-state index contributed by atoms with van der Waals surface area (Å²) in [7, 11) is 0. The van der Waals surface area contributed by atoms with Gasteiger partial charge < -0.3 is 5.32 Å². The molecule has 1 N–H and O–H groups in total. The summed E-state index contributed by atoms with van der Waals surface area (Å²) in [5.41, 5.74) is 1.59. The molecule has 18 heavy (non-hydrogen) atoms. The molecule has 1 nitrogen and oxygen atoms in total. The normalized spacial score (nSPS) is 14.9. The smallest absolute Gasteiger partial charge is 0.161 e. The molecule has 0 aliphatic heterocycles. The lowest BCUT2D eigenvalue weighted by Gasteiger charge is -2.07. The Hall–Kier alpha value is -1.29. The van der Waals surface area contributed by atoms with Crippen molar-refractivity contribution in [2.75, 3.05) is 6.54 Å². The molecule has 1 aromatic rings. The van der Waals surface area contributed by atoms with Crippen LogP contribution in [-0.4, -0.2) is 6.54 Å². The number of hydrogen-bond acceptors (Lipinski definition) is 1. The van der Waals surface area contributed by atoms with E-state index in [-0.39, 0.29) is 12.1 Å². The fourth-order valence-corrected chi connectivity index (χ4v) is 2.14. The number of benzene rings is 1. The first-order valence-electron chi connectivity index (χ1n) is 6.19. The fraction of sp³-hybridized carbons (Fsp3) is 0.429. The SMILES string of the molecule is Fc1cc(F)c(CNCCC2=CCCC2)cc1F. The summed E-state index contributed by atoms with van der Waals surface area (Å²) in [6, 6.07) is 1.50. The zero-order valence-electron chi connectivity index (χ0n) is 10.1. The van der Waals surface area contributed by atoms with Gasteiger partial charge in [-0.2, -0.15) is 0 Å². The molecule has 0 aromatic heterocycles. The van der Waals surface area contributed by atoms with E-state index in [4.69, 9.17) is 0 Å². The van der Waals surface area contributed by atoms with Crippen LogP contribution in [0.4, 0.5) is 13.2 Å². The van der Waals surface area contributed by atoms with Gasteiger partial charge in [-0.1, -0.05) is 11.6 Å². The largest absolute Gasteiger partial charge is 0.312 e. The van der Waals surface area contributed by atoms with E-state index in [1.165, 1.54) is 12.0 Å². The monoisotopic (exact) mass is 255 g/mol. The maximum atomic E-state index is 13.3. The molecule has 1 aromatic carbocycles. The van der Waals surface area contributed by atoms with Crippen LogP contribution < -0.4 is 5.32 Å². The van der Waals surface area contributed by atoms with E-state index >= 15 is 0 Å². The molecule has 0 fully saturated rings. The first-order chi connectivity index (χ1) is 8.66. The van der Waals surface area contributed by atoms with Crippen LogP contribution in [0.1, 0.15) is 31.2 Å². The van der Waals surface area contributed by atoms with Gasteiger partial charge in [0, 0.05) is 18.2 Å². The van der Waals surface area contributed by atoms with Crippen molar-refractivity contribution in [3.05, 3.63) is 46.8 Å². The molecule has 1 aliphatic carbocycles. The van der Waals surface area contributed by atoms with Crippen molar-refractivity contribution in [1.29, 1.82) is 0 Å². The quantitative estimate of drug-likeness (QED) is 0.480. The molecule has 1 aliphatic rings. The highest BCUT2D eigenvalue weighted by Crippen LogP contribution is 2.20. The second kappa shape index (κ2) is 6.05. The lowest BCUT2D eigenvalue weighted by molar-refractivity contribution is 0.487. The van der Waals surface area contributed by atoms with Crippen molar-refractivity contribution >= 4 is 0 Å². The summed E-state index contributed by atoms with van der Waals surface area (Å²) in [5, 5.41) is 3.05. The van der Waals surface area contributed by atoms with E-state index in [0.29, 0.717) is 6.07 Å². The molecular weight excluding hydrogens is 239 g/mol. The van der Waals surface area contributed by atoms with Gasteiger partial charge >= 0.3 is 0 Å². The molecule has 0 unspecified atom stereocenters. The minimum atomic E-state index is -1.15. The standard InChI is InChI=1S/C14H16F3N/c15-12-8-14(17)13(16)7-11(12)9-18-6-5-10-3-1-2-4-10/h3,7-8,18H,1-2,4-6,9H2. The lowest BCUT2D eigenvalue weighted by atomic mass is 10.1. The molecule has 0 saturated carbocycles. The van der Waals surface area contributed by atoms with Gasteiger partial charge in [0.2, 0.25) is 0 Å². The fourth-order valence-electron chi connectivity index (χ4n) is 2.14. The average molecular weight is 255 g/mol. The molecule has 0 saturated heterocycles. The van der Waals surface area contributed by atoms with Crippen LogP contribution in [0.25, 0.3) is 0 Å². The van der Waals surface area contributed by atoms with Crippen molar-refractivity contribution in [3.8, 4) is 0 Å². The number of allylic oxidation sites excluding steroid dienone is 1.